The van der Waals surface area contributed by atoms with Gasteiger partial charge in [-0.25, -0.2) is 9.48 Å². The molecular formula is C14H11IN4O2. The van der Waals surface area contributed by atoms with Crippen molar-refractivity contribution in [3.8, 4) is 0 Å². The number of anilines is 1. The topological polar surface area (TPSA) is 68.4 Å². The van der Waals surface area contributed by atoms with Crippen LogP contribution < -0.4 is 11.0 Å². The molecule has 0 aliphatic carbocycles. The zero-order chi connectivity index (χ0) is 14.8. The Kier molecular flexibility index (Phi) is 3.74. The first-order chi connectivity index (χ1) is 10.1. The maximum atomic E-state index is 12.0. The van der Waals surface area contributed by atoms with Crippen molar-refractivity contribution >= 4 is 39.8 Å². The maximum absolute atomic E-state index is 12.0. The third kappa shape index (κ3) is 2.97. The number of rotatable bonds is 3. The van der Waals surface area contributed by atoms with Crippen LogP contribution in [0.1, 0.15) is 0 Å². The summed E-state index contributed by atoms with van der Waals surface area (Å²) in [6, 6.07) is 12.7. The fourth-order valence-electron chi connectivity index (χ4n) is 1.94. The SMILES string of the molecule is O=C(Cn1nc2ccccn2c1=O)Nc1ccc(I)cc1. The molecule has 2 aromatic heterocycles. The van der Waals surface area contributed by atoms with Gasteiger partial charge in [0.2, 0.25) is 5.91 Å². The van der Waals surface area contributed by atoms with Gasteiger partial charge in [-0.2, -0.15) is 0 Å². The Morgan fingerprint density at radius 3 is 2.67 bits per heavy atom. The maximum Gasteiger partial charge on any atom is 0.350 e. The molecule has 0 spiro atoms. The minimum atomic E-state index is -0.330. The molecule has 2 heterocycles. The molecule has 3 rings (SSSR count). The molecule has 106 valence electrons. The van der Waals surface area contributed by atoms with Crippen LogP contribution in [0.15, 0.2) is 53.5 Å². The van der Waals surface area contributed by atoms with E-state index in [1.54, 1.807) is 24.4 Å². The Morgan fingerprint density at radius 2 is 1.95 bits per heavy atom. The molecule has 0 radical (unpaired) electrons. The van der Waals surface area contributed by atoms with Crippen LogP contribution in [0.25, 0.3) is 5.65 Å². The van der Waals surface area contributed by atoms with E-state index in [-0.39, 0.29) is 18.1 Å². The lowest BCUT2D eigenvalue weighted by molar-refractivity contribution is -0.117. The second kappa shape index (κ2) is 5.68. The monoisotopic (exact) mass is 394 g/mol. The number of carbonyl (C=O) groups excluding carboxylic acids is 1. The van der Waals surface area contributed by atoms with Crippen LogP contribution in [0, 0.1) is 3.57 Å². The normalized spacial score (nSPS) is 10.7. The van der Waals surface area contributed by atoms with Gasteiger partial charge in [-0.3, -0.25) is 9.20 Å². The van der Waals surface area contributed by atoms with Gasteiger partial charge in [0.25, 0.3) is 0 Å². The molecule has 0 atom stereocenters. The van der Waals surface area contributed by atoms with E-state index in [4.69, 9.17) is 0 Å². The summed E-state index contributed by atoms with van der Waals surface area (Å²) in [4.78, 5) is 24.0. The van der Waals surface area contributed by atoms with Crippen molar-refractivity contribution in [1.29, 1.82) is 0 Å². The molecule has 0 saturated carbocycles. The van der Waals surface area contributed by atoms with Crippen molar-refractivity contribution in [2.75, 3.05) is 5.32 Å². The number of hydrogen-bond donors (Lipinski definition) is 1. The van der Waals surface area contributed by atoms with Gasteiger partial charge in [-0.05, 0) is 59.0 Å². The predicted molar refractivity (Wildman–Crippen MR) is 87.2 cm³/mol. The summed E-state index contributed by atoms with van der Waals surface area (Å²) in [7, 11) is 0. The van der Waals surface area contributed by atoms with Crippen molar-refractivity contribution in [3.05, 3.63) is 62.7 Å². The Hall–Kier alpha value is -2.16. The quantitative estimate of drug-likeness (QED) is 0.689. The Morgan fingerprint density at radius 1 is 1.19 bits per heavy atom. The fraction of sp³-hybridized carbons (Fsp3) is 0.0714. The largest absolute Gasteiger partial charge is 0.350 e. The Labute approximate surface area is 133 Å². The number of benzene rings is 1. The molecule has 21 heavy (non-hydrogen) atoms. The Bertz CT molecular complexity index is 851. The summed E-state index contributed by atoms with van der Waals surface area (Å²) in [5, 5.41) is 6.85. The number of nitrogens with one attached hydrogen (secondary N) is 1. The number of amides is 1. The summed E-state index contributed by atoms with van der Waals surface area (Å²) >= 11 is 2.19. The highest BCUT2D eigenvalue weighted by Crippen LogP contribution is 2.11. The van der Waals surface area contributed by atoms with Crippen molar-refractivity contribution in [2.45, 2.75) is 6.54 Å². The van der Waals surface area contributed by atoms with E-state index in [0.29, 0.717) is 11.3 Å². The summed E-state index contributed by atoms with van der Waals surface area (Å²) in [5.41, 5.74) is 0.880. The van der Waals surface area contributed by atoms with Crippen molar-refractivity contribution in [3.63, 3.8) is 0 Å². The number of carbonyl (C=O) groups is 1. The van der Waals surface area contributed by atoms with Crippen LogP contribution in [-0.2, 0) is 11.3 Å². The van der Waals surface area contributed by atoms with Crippen LogP contribution in [0.4, 0.5) is 5.69 Å². The Balaban J connectivity index is 1.78. The van der Waals surface area contributed by atoms with E-state index in [1.807, 2.05) is 24.3 Å². The van der Waals surface area contributed by atoms with Gasteiger partial charge in [0.15, 0.2) is 5.65 Å². The summed E-state index contributed by atoms with van der Waals surface area (Å²) in [6.45, 7) is -0.119. The molecule has 1 amide bonds. The number of pyridine rings is 1. The summed E-state index contributed by atoms with van der Waals surface area (Å²) in [5.74, 6) is -0.290. The lowest BCUT2D eigenvalue weighted by Crippen LogP contribution is -2.28. The minimum absolute atomic E-state index is 0.119. The van der Waals surface area contributed by atoms with Crippen LogP contribution >= 0.6 is 22.6 Å². The summed E-state index contributed by atoms with van der Waals surface area (Å²) in [6.07, 6.45) is 1.62. The van der Waals surface area contributed by atoms with Gasteiger partial charge in [-0.15, -0.1) is 5.10 Å². The summed E-state index contributed by atoms with van der Waals surface area (Å²) < 4.78 is 3.64. The smallest absolute Gasteiger partial charge is 0.324 e. The van der Waals surface area contributed by atoms with Crippen molar-refractivity contribution in [1.82, 2.24) is 14.2 Å². The van der Waals surface area contributed by atoms with Crippen LogP contribution in [0.5, 0.6) is 0 Å². The fourth-order valence-corrected chi connectivity index (χ4v) is 2.30. The molecular weight excluding hydrogens is 383 g/mol. The highest BCUT2D eigenvalue weighted by atomic mass is 127. The van der Waals surface area contributed by atoms with Crippen molar-refractivity contribution in [2.24, 2.45) is 0 Å². The second-order valence-electron chi connectivity index (χ2n) is 4.42. The average Bonchev–Trinajstić information content (AvgIpc) is 2.78. The average molecular weight is 394 g/mol. The van der Waals surface area contributed by atoms with Crippen LogP contribution in [0.2, 0.25) is 0 Å². The zero-order valence-corrected chi connectivity index (χ0v) is 13.0. The van der Waals surface area contributed by atoms with Crippen molar-refractivity contribution < 1.29 is 4.79 Å². The molecule has 3 aromatic rings. The number of fused-ring (bicyclic) bond motifs is 1. The number of halogens is 1. The first kappa shape index (κ1) is 13.8. The molecule has 0 unspecified atom stereocenters. The molecule has 0 aliphatic rings. The first-order valence-corrected chi connectivity index (χ1v) is 7.31. The molecule has 6 nitrogen and oxygen atoms in total. The van der Waals surface area contributed by atoms with Gasteiger partial charge >= 0.3 is 5.69 Å². The molecule has 7 heteroatoms. The second-order valence-corrected chi connectivity index (χ2v) is 5.67. The van der Waals surface area contributed by atoms with E-state index in [0.717, 1.165) is 8.25 Å². The molecule has 0 aliphatic heterocycles. The molecule has 0 bridgehead atoms. The van der Waals surface area contributed by atoms with E-state index < -0.39 is 0 Å². The molecule has 1 N–H and O–H groups in total. The first-order valence-electron chi connectivity index (χ1n) is 6.23. The number of aromatic nitrogens is 3. The van der Waals surface area contributed by atoms with E-state index >= 15 is 0 Å². The third-order valence-electron chi connectivity index (χ3n) is 2.91. The van der Waals surface area contributed by atoms with Gasteiger partial charge in [0.1, 0.15) is 6.54 Å². The van der Waals surface area contributed by atoms with Crippen LogP contribution in [-0.4, -0.2) is 20.1 Å². The van der Waals surface area contributed by atoms with Gasteiger partial charge in [-0.1, -0.05) is 6.07 Å². The van der Waals surface area contributed by atoms with Crippen LogP contribution in [0.3, 0.4) is 0 Å². The molecule has 0 saturated heterocycles. The number of nitrogens with zero attached hydrogens (tertiary/aromatic N) is 3. The standard InChI is InChI=1S/C14H11IN4O2/c15-10-4-6-11(7-5-10)16-13(20)9-19-14(21)18-8-2-1-3-12(18)17-19/h1-8H,9H2,(H,16,20). The van der Waals surface area contributed by atoms with Gasteiger partial charge < -0.3 is 5.32 Å². The van der Waals surface area contributed by atoms with E-state index in [9.17, 15) is 9.59 Å². The lowest BCUT2D eigenvalue weighted by Gasteiger charge is -2.04. The lowest BCUT2D eigenvalue weighted by atomic mass is 10.3. The predicted octanol–water partition coefficient (Wildman–Crippen LogP) is 1.74. The van der Waals surface area contributed by atoms with E-state index in [1.165, 1.54) is 4.40 Å². The number of hydrogen-bond acceptors (Lipinski definition) is 3. The highest BCUT2D eigenvalue weighted by Gasteiger charge is 2.10. The highest BCUT2D eigenvalue weighted by molar-refractivity contribution is 14.1. The van der Waals surface area contributed by atoms with Gasteiger partial charge in [0, 0.05) is 15.5 Å². The van der Waals surface area contributed by atoms with E-state index in [2.05, 4.69) is 33.0 Å². The third-order valence-corrected chi connectivity index (χ3v) is 3.63. The molecule has 0 fully saturated rings. The zero-order valence-electron chi connectivity index (χ0n) is 10.9. The van der Waals surface area contributed by atoms with Gasteiger partial charge in [0.05, 0.1) is 0 Å². The molecule has 1 aromatic carbocycles. The minimum Gasteiger partial charge on any atom is -0.324 e.